The van der Waals surface area contributed by atoms with Crippen molar-refractivity contribution in [2.24, 2.45) is 5.73 Å². The predicted molar refractivity (Wildman–Crippen MR) is 68.8 cm³/mol. The first kappa shape index (κ1) is 13.2. The van der Waals surface area contributed by atoms with Crippen molar-refractivity contribution in [2.75, 3.05) is 6.79 Å². The Bertz CT molecular complexity index is 489. The number of halogens is 1. The summed E-state index contributed by atoms with van der Waals surface area (Å²) in [6.07, 6.45) is 0.624. The lowest BCUT2D eigenvalue weighted by molar-refractivity contribution is -0.137. The zero-order chi connectivity index (χ0) is 13.3. The quantitative estimate of drug-likeness (QED) is 0.890. The lowest BCUT2D eigenvalue weighted by Crippen LogP contribution is -2.17. The van der Waals surface area contributed by atoms with Crippen LogP contribution in [0.15, 0.2) is 10.5 Å². The second-order valence-corrected chi connectivity index (χ2v) is 4.84. The Morgan fingerprint density at radius 3 is 2.94 bits per heavy atom. The number of carboxylic acids is 1. The van der Waals surface area contributed by atoms with Crippen LogP contribution in [0.4, 0.5) is 0 Å². The summed E-state index contributed by atoms with van der Waals surface area (Å²) in [6, 6.07) is 1.22. The van der Waals surface area contributed by atoms with Crippen molar-refractivity contribution < 1.29 is 19.4 Å². The average Bonchev–Trinajstić information content (AvgIpc) is 2.76. The van der Waals surface area contributed by atoms with Crippen LogP contribution in [0.2, 0.25) is 0 Å². The highest BCUT2D eigenvalue weighted by Crippen LogP contribution is 2.44. The van der Waals surface area contributed by atoms with Crippen LogP contribution in [0.1, 0.15) is 30.5 Å². The molecule has 1 aromatic carbocycles. The zero-order valence-corrected chi connectivity index (χ0v) is 11.5. The standard InChI is InChI=1S/C12H14BrNO4/c1-2-6-7(8(14)4-10(15)16)3-9-12(11(6)13)18-5-17-9/h3,8H,2,4-5,14H2,1H3,(H,15,16). The van der Waals surface area contributed by atoms with Gasteiger partial charge in [0.2, 0.25) is 6.79 Å². The number of hydrogen-bond donors (Lipinski definition) is 2. The summed E-state index contributed by atoms with van der Waals surface area (Å²) in [4.78, 5) is 10.8. The third kappa shape index (κ3) is 2.30. The molecule has 98 valence electrons. The topological polar surface area (TPSA) is 81.8 Å². The Balaban J connectivity index is 2.46. The fraction of sp³-hybridized carbons (Fsp3) is 0.417. The highest BCUT2D eigenvalue weighted by molar-refractivity contribution is 9.10. The predicted octanol–water partition coefficient (Wildman–Crippen LogP) is 2.21. The molecule has 2 rings (SSSR count). The Labute approximate surface area is 113 Å². The van der Waals surface area contributed by atoms with Crippen LogP contribution in [0, 0.1) is 0 Å². The molecule has 1 heterocycles. The number of rotatable bonds is 4. The normalized spacial score (nSPS) is 14.6. The van der Waals surface area contributed by atoms with Crippen LogP contribution in [0.25, 0.3) is 0 Å². The van der Waals surface area contributed by atoms with E-state index in [0.29, 0.717) is 11.5 Å². The fourth-order valence-corrected chi connectivity index (χ4v) is 2.87. The molecule has 1 atom stereocenters. The average molecular weight is 316 g/mol. The summed E-state index contributed by atoms with van der Waals surface area (Å²) in [5.41, 5.74) is 7.69. The van der Waals surface area contributed by atoms with Gasteiger partial charge >= 0.3 is 5.97 Å². The van der Waals surface area contributed by atoms with Gasteiger partial charge in [0.15, 0.2) is 11.5 Å². The van der Waals surface area contributed by atoms with Gasteiger partial charge in [-0.25, -0.2) is 0 Å². The monoisotopic (exact) mass is 315 g/mol. The van der Waals surface area contributed by atoms with Crippen molar-refractivity contribution in [2.45, 2.75) is 25.8 Å². The molecule has 1 aliphatic rings. The minimum absolute atomic E-state index is 0.112. The van der Waals surface area contributed by atoms with Crippen LogP contribution in [-0.4, -0.2) is 17.9 Å². The van der Waals surface area contributed by atoms with Crippen molar-refractivity contribution in [3.8, 4) is 11.5 Å². The molecule has 1 unspecified atom stereocenters. The van der Waals surface area contributed by atoms with Gasteiger partial charge in [-0.2, -0.15) is 0 Å². The number of nitrogens with two attached hydrogens (primary N) is 1. The molecule has 0 spiro atoms. The van der Waals surface area contributed by atoms with Crippen LogP contribution in [0.3, 0.4) is 0 Å². The largest absolute Gasteiger partial charge is 0.481 e. The third-order valence-electron chi connectivity index (χ3n) is 2.89. The first-order valence-corrected chi connectivity index (χ1v) is 6.42. The van der Waals surface area contributed by atoms with Gasteiger partial charge in [-0.1, -0.05) is 6.92 Å². The van der Waals surface area contributed by atoms with Crippen LogP contribution >= 0.6 is 15.9 Å². The van der Waals surface area contributed by atoms with Gasteiger partial charge in [-0.15, -0.1) is 0 Å². The molecule has 0 bridgehead atoms. The van der Waals surface area contributed by atoms with Crippen LogP contribution < -0.4 is 15.2 Å². The molecule has 0 saturated heterocycles. The Morgan fingerprint density at radius 2 is 2.33 bits per heavy atom. The van der Waals surface area contributed by atoms with Gasteiger partial charge in [0, 0.05) is 6.04 Å². The van der Waals surface area contributed by atoms with E-state index in [2.05, 4.69) is 15.9 Å². The van der Waals surface area contributed by atoms with Crippen LogP contribution in [-0.2, 0) is 11.2 Å². The Morgan fingerprint density at radius 1 is 1.61 bits per heavy atom. The van der Waals surface area contributed by atoms with Crippen molar-refractivity contribution in [1.82, 2.24) is 0 Å². The number of ether oxygens (including phenoxy) is 2. The number of aliphatic carboxylic acids is 1. The molecule has 18 heavy (non-hydrogen) atoms. The maximum absolute atomic E-state index is 10.8. The minimum Gasteiger partial charge on any atom is -0.481 e. The number of fused-ring (bicyclic) bond motifs is 1. The summed E-state index contributed by atoms with van der Waals surface area (Å²) in [7, 11) is 0. The molecule has 0 aliphatic carbocycles. The van der Waals surface area contributed by atoms with E-state index < -0.39 is 12.0 Å². The summed E-state index contributed by atoms with van der Waals surface area (Å²) in [5, 5.41) is 8.82. The zero-order valence-electron chi connectivity index (χ0n) is 9.90. The fourth-order valence-electron chi connectivity index (χ4n) is 2.05. The van der Waals surface area contributed by atoms with Crippen molar-refractivity contribution in [1.29, 1.82) is 0 Å². The van der Waals surface area contributed by atoms with Gasteiger partial charge in [0.25, 0.3) is 0 Å². The maximum Gasteiger partial charge on any atom is 0.305 e. The molecular weight excluding hydrogens is 302 g/mol. The number of carboxylic acid groups (broad SMARTS) is 1. The lowest BCUT2D eigenvalue weighted by atomic mass is 9.96. The minimum atomic E-state index is -0.918. The molecule has 0 aromatic heterocycles. The van der Waals surface area contributed by atoms with E-state index in [4.69, 9.17) is 20.3 Å². The highest BCUT2D eigenvalue weighted by atomic mass is 79.9. The van der Waals surface area contributed by atoms with Gasteiger partial charge in [-0.05, 0) is 39.5 Å². The molecule has 0 fully saturated rings. The Kier molecular flexibility index (Phi) is 3.77. The number of benzene rings is 1. The first-order valence-electron chi connectivity index (χ1n) is 5.62. The van der Waals surface area contributed by atoms with Crippen molar-refractivity contribution in [3.63, 3.8) is 0 Å². The van der Waals surface area contributed by atoms with E-state index in [1.54, 1.807) is 6.07 Å². The van der Waals surface area contributed by atoms with E-state index in [1.165, 1.54) is 0 Å². The SMILES string of the molecule is CCc1c(C(N)CC(=O)O)cc2c(c1Br)OCO2. The van der Waals surface area contributed by atoms with E-state index in [9.17, 15) is 4.79 Å². The summed E-state index contributed by atoms with van der Waals surface area (Å²) in [6.45, 7) is 2.16. The molecule has 1 aromatic rings. The van der Waals surface area contributed by atoms with E-state index in [0.717, 1.165) is 22.0 Å². The molecule has 3 N–H and O–H groups in total. The van der Waals surface area contributed by atoms with Gasteiger partial charge in [0.05, 0.1) is 10.9 Å². The van der Waals surface area contributed by atoms with E-state index in [-0.39, 0.29) is 13.2 Å². The maximum atomic E-state index is 10.8. The Hall–Kier alpha value is -1.27. The van der Waals surface area contributed by atoms with E-state index >= 15 is 0 Å². The number of carbonyl (C=O) groups is 1. The van der Waals surface area contributed by atoms with Gasteiger partial charge in [-0.3, -0.25) is 4.79 Å². The molecular formula is C12H14BrNO4. The highest BCUT2D eigenvalue weighted by Gasteiger charge is 2.25. The third-order valence-corrected chi connectivity index (χ3v) is 3.73. The van der Waals surface area contributed by atoms with E-state index in [1.807, 2.05) is 6.92 Å². The molecule has 0 radical (unpaired) electrons. The van der Waals surface area contributed by atoms with Crippen molar-refractivity contribution >= 4 is 21.9 Å². The summed E-state index contributed by atoms with van der Waals surface area (Å²) in [5.74, 6) is 0.353. The van der Waals surface area contributed by atoms with Gasteiger partial charge < -0.3 is 20.3 Å². The first-order chi connectivity index (χ1) is 8.54. The molecule has 0 amide bonds. The summed E-state index contributed by atoms with van der Waals surface area (Å²) >= 11 is 3.47. The molecule has 5 nitrogen and oxygen atoms in total. The molecule has 6 heteroatoms. The summed E-state index contributed by atoms with van der Waals surface area (Å²) < 4.78 is 11.5. The second-order valence-electron chi connectivity index (χ2n) is 4.05. The lowest BCUT2D eigenvalue weighted by Gasteiger charge is -2.17. The molecule has 1 aliphatic heterocycles. The van der Waals surface area contributed by atoms with Crippen LogP contribution in [0.5, 0.6) is 11.5 Å². The van der Waals surface area contributed by atoms with Gasteiger partial charge in [0.1, 0.15) is 0 Å². The number of hydrogen-bond acceptors (Lipinski definition) is 4. The second kappa shape index (κ2) is 5.16. The van der Waals surface area contributed by atoms with Crippen molar-refractivity contribution in [3.05, 3.63) is 21.7 Å². The molecule has 0 saturated carbocycles. The smallest absolute Gasteiger partial charge is 0.305 e.